The normalized spacial score (nSPS) is 11.9. The first-order valence-corrected chi connectivity index (χ1v) is 21.5. The fraction of sp³-hybridized carbons (Fsp3) is 0.200. The number of pyridine rings is 2. The van der Waals surface area contributed by atoms with Gasteiger partial charge in [-0.2, -0.15) is 11.3 Å². The van der Waals surface area contributed by atoms with Crippen LogP contribution in [0.15, 0.2) is 85.2 Å². The Hall–Kier alpha value is -2.70. The molecule has 0 unspecified atom stereocenters. The van der Waals surface area contributed by atoms with Crippen LogP contribution < -0.4 is 4.40 Å². The minimum atomic E-state index is -1.77. The van der Waals surface area contributed by atoms with Crippen LogP contribution in [0.4, 0.5) is 4.39 Å². The smallest absolute Gasteiger partial charge is 0.140 e. The van der Waals surface area contributed by atoms with Crippen molar-refractivity contribution in [2.75, 3.05) is 0 Å². The van der Waals surface area contributed by atoms with Crippen LogP contribution in [0.5, 0.6) is 0 Å². The van der Waals surface area contributed by atoms with Crippen molar-refractivity contribution in [1.29, 1.82) is 0 Å². The molecule has 3 aromatic heterocycles. The van der Waals surface area contributed by atoms with E-state index in [0.29, 0.717) is 4.70 Å². The molecule has 0 N–H and O–H groups in total. The van der Waals surface area contributed by atoms with Crippen LogP contribution in [0.2, 0.25) is 17.3 Å². The first-order valence-electron chi connectivity index (χ1n) is 13.9. The molecule has 3 heterocycles. The van der Waals surface area contributed by atoms with Crippen LogP contribution >= 0.6 is 11.3 Å². The summed E-state index contributed by atoms with van der Waals surface area (Å²) in [5.74, 6) is 6.31. The molecular formula is C35H33FGeIrN2S-2. The van der Waals surface area contributed by atoms with Crippen LogP contribution in [0, 0.1) is 24.9 Å². The molecule has 0 spiro atoms. The van der Waals surface area contributed by atoms with Gasteiger partial charge in [-0.05, 0) is 33.8 Å². The third-order valence-corrected chi connectivity index (χ3v) is 12.6. The number of nitrogens with zero attached hydrogens (tertiary/aromatic N) is 2. The van der Waals surface area contributed by atoms with Crippen molar-refractivity contribution in [3.63, 3.8) is 0 Å². The number of aromatic nitrogens is 2. The summed E-state index contributed by atoms with van der Waals surface area (Å²) in [5, 5.41) is 1.93. The standard InChI is InChI=1S/C20H15FNS.C15H18GeN.Ir/c1-12(2)13-9-10-22-18(11-13)16-7-3-5-14-15-6-4-8-17(21)20(15)23-19(14)16;1-12-10-15(13-8-6-5-7-9-13)17-11-14(12)16(2,3)4;/h3-6,8-12H,1-2H3;5-8,10-11H,1-4H3;/q2*-1;/i12D;;. The van der Waals surface area contributed by atoms with Crippen molar-refractivity contribution in [2.24, 2.45) is 0 Å². The van der Waals surface area contributed by atoms with Gasteiger partial charge in [0.15, 0.2) is 0 Å². The van der Waals surface area contributed by atoms with E-state index in [1.54, 1.807) is 12.3 Å². The molecule has 0 fully saturated rings. The van der Waals surface area contributed by atoms with Gasteiger partial charge in [-0.15, -0.1) is 23.8 Å². The molecule has 6 heteroatoms. The van der Waals surface area contributed by atoms with Crippen molar-refractivity contribution in [2.45, 2.75) is 43.9 Å². The predicted molar refractivity (Wildman–Crippen MR) is 172 cm³/mol. The topological polar surface area (TPSA) is 25.8 Å². The number of benzene rings is 3. The Morgan fingerprint density at radius 1 is 0.878 bits per heavy atom. The number of hydrogen-bond donors (Lipinski definition) is 0. The van der Waals surface area contributed by atoms with Gasteiger partial charge in [-0.3, -0.25) is 0 Å². The van der Waals surface area contributed by atoms with Crippen LogP contribution in [0.25, 0.3) is 42.7 Å². The number of hydrogen-bond acceptors (Lipinski definition) is 3. The number of thiophene rings is 1. The van der Waals surface area contributed by atoms with Crippen molar-refractivity contribution in [3.05, 3.63) is 114 Å². The van der Waals surface area contributed by atoms with E-state index in [4.69, 9.17) is 1.37 Å². The molecule has 41 heavy (non-hydrogen) atoms. The summed E-state index contributed by atoms with van der Waals surface area (Å²) in [6, 6.07) is 29.4. The molecule has 0 amide bonds. The number of rotatable bonds is 4. The van der Waals surface area contributed by atoms with Crippen LogP contribution in [0.1, 0.15) is 32.2 Å². The van der Waals surface area contributed by atoms with Crippen molar-refractivity contribution >= 4 is 49.2 Å². The predicted octanol–water partition coefficient (Wildman–Crippen LogP) is 9.58. The largest absolute Gasteiger partial charge is 0.305 e. The fourth-order valence-electron chi connectivity index (χ4n) is 4.84. The van der Waals surface area contributed by atoms with E-state index < -0.39 is 19.2 Å². The molecule has 0 saturated heterocycles. The average molecular weight is 799 g/mol. The van der Waals surface area contributed by atoms with Gasteiger partial charge >= 0.3 is 106 Å². The van der Waals surface area contributed by atoms with E-state index in [0.717, 1.165) is 43.6 Å². The molecular weight excluding hydrogens is 764 g/mol. The minimum absolute atomic E-state index is 0. The molecule has 0 aliphatic heterocycles. The maximum atomic E-state index is 14.1. The van der Waals surface area contributed by atoms with Crippen LogP contribution in [-0.2, 0) is 20.1 Å². The van der Waals surface area contributed by atoms with Crippen molar-refractivity contribution in [1.82, 2.24) is 9.97 Å². The van der Waals surface area contributed by atoms with Gasteiger partial charge in [0.05, 0.1) is 4.70 Å². The monoisotopic (exact) mass is 800 g/mol. The maximum Gasteiger partial charge on any atom is 0.140 e. The Morgan fingerprint density at radius 2 is 1.66 bits per heavy atom. The summed E-state index contributed by atoms with van der Waals surface area (Å²) >= 11 is -0.343. The molecule has 1 radical (unpaired) electrons. The molecule has 0 aliphatic carbocycles. The van der Waals surface area contributed by atoms with Gasteiger partial charge in [0.2, 0.25) is 0 Å². The average Bonchev–Trinajstić information content (AvgIpc) is 3.33. The van der Waals surface area contributed by atoms with Gasteiger partial charge in [-0.25, -0.2) is 4.39 Å². The van der Waals surface area contributed by atoms with E-state index in [9.17, 15) is 4.39 Å². The summed E-state index contributed by atoms with van der Waals surface area (Å²) in [6.45, 7) is 5.90. The van der Waals surface area contributed by atoms with Gasteiger partial charge in [-0.1, -0.05) is 43.0 Å². The Kier molecular flexibility index (Phi) is 9.50. The molecule has 0 saturated carbocycles. The third-order valence-electron chi connectivity index (χ3n) is 6.91. The maximum absolute atomic E-state index is 14.1. The second-order valence-electron chi connectivity index (χ2n) is 11.2. The van der Waals surface area contributed by atoms with Gasteiger partial charge in [0.25, 0.3) is 0 Å². The molecule has 3 aromatic carbocycles. The molecule has 211 valence electrons. The van der Waals surface area contributed by atoms with Crippen LogP contribution in [-0.4, -0.2) is 23.2 Å². The second kappa shape index (κ2) is 13.1. The third kappa shape index (κ3) is 6.86. The van der Waals surface area contributed by atoms with Gasteiger partial charge in [0, 0.05) is 27.7 Å². The van der Waals surface area contributed by atoms with Crippen molar-refractivity contribution in [3.8, 4) is 22.5 Å². The van der Waals surface area contributed by atoms with Crippen LogP contribution in [0.3, 0.4) is 0 Å². The zero-order valence-electron chi connectivity index (χ0n) is 25.1. The summed E-state index contributed by atoms with van der Waals surface area (Å²) in [7, 11) is 0. The Balaban J connectivity index is 0.000000200. The molecule has 6 rings (SSSR count). The second-order valence-corrected chi connectivity index (χ2v) is 22.7. The van der Waals surface area contributed by atoms with E-state index in [1.807, 2.05) is 62.4 Å². The summed E-state index contributed by atoms with van der Waals surface area (Å²) < 4.78 is 25.5. The zero-order valence-corrected chi connectivity index (χ0v) is 29.4. The first-order chi connectivity index (χ1) is 19.4. The number of aryl methyl sites for hydroxylation is 1. The summed E-state index contributed by atoms with van der Waals surface area (Å²) in [4.78, 5) is 9.06. The number of halogens is 1. The molecule has 0 aliphatic rings. The van der Waals surface area contributed by atoms with Gasteiger partial charge < -0.3 is 4.98 Å². The number of fused-ring (bicyclic) bond motifs is 3. The van der Waals surface area contributed by atoms with E-state index in [-0.39, 0.29) is 25.9 Å². The Labute approximate surface area is 264 Å². The molecule has 2 nitrogen and oxygen atoms in total. The quantitative estimate of drug-likeness (QED) is 0.131. The fourth-order valence-corrected chi connectivity index (χ4v) is 9.63. The van der Waals surface area contributed by atoms with E-state index >= 15 is 0 Å². The van der Waals surface area contributed by atoms with Crippen molar-refractivity contribution < 1.29 is 25.9 Å². The summed E-state index contributed by atoms with van der Waals surface area (Å²) in [5.41, 5.74) is 6.00. The Bertz CT molecular complexity index is 1840. The molecule has 0 bridgehead atoms. The van der Waals surface area contributed by atoms with E-state index in [2.05, 4.69) is 64.6 Å². The Morgan fingerprint density at radius 3 is 2.34 bits per heavy atom. The SMILES string of the molecule is Cc1cc(-c2[c-]cccc2)nc[c]1[Ge]([CH3])([CH3])[CH3].[2H]C(C)(C)c1ccnc(-c2[c-]ccc3c2sc2c(F)cccc23)c1.[Ir]. The van der Waals surface area contributed by atoms with Gasteiger partial charge in [0.1, 0.15) is 5.82 Å². The van der Waals surface area contributed by atoms with E-state index in [1.165, 1.54) is 27.4 Å². The molecule has 6 aromatic rings. The summed E-state index contributed by atoms with van der Waals surface area (Å²) in [6.07, 6.45) is 3.80. The minimum Gasteiger partial charge on any atom is -0.305 e. The molecule has 0 atom stereocenters. The zero-order chi connectivity index (χ0) is 29.4. The first kappa shape index (κ1) is 29.8.